The third-order valence-electron chi connectivity index (χ3n) is 7.41. The number of rotatable bonds is 13. The SMILES string of the molecule is CCCCCCCCCCCC1=[N+](c2ccc(C(C)(C)C)cc2)CCc2cc(OC)c(OC)cc21.[Cl-]. The summed E-state index contributed by atoms with van der Waals surface area (Å²) < 4.78 is 13.8. The van der Waals surface area contributed by atoms with Gasteiger partial charge >= 0.3 is 0 Å². The molecule has 0 unspecified atom stereocenters. The molecule has 0 N–H and O–H groups in total. The molecule has 0 saturated heterocycles. The molecular formula is C32H48ClNO2. The molecular weight excluding hydrogens is 466 g/mol. The van der Waals surface area contributed by atoms with Crippen LogP contribution in [-0.4, -0.2) is 31.1 Å². The lowest BCUT2D eigenvalue weighted by atomic mass is 9.87. The van der Waals surface area contributed by atoms with Crippen LogP contribution in [0.5, 0.6) is 11.5 Å². The molecule has 3 nitrogen and oxygen atoms in total. The van der Waals surface area contributed by atoms with Gasteiger partial charge in [0.25, 0.3) is 0 Å². The zero-order valence-corrected chi connectivity index (χ0v) is 24.3. The van der Waals surface area contributed by atoms with Crippen LogP contribution in [0.15, 0.2) is 36.4 Å². The van der Waals surface area contributed by atoms with Crippen LogP contribution in [0.2, 0.25) is 0 Å². The Balaban J connectivity index is 0.00000456. The van der Waals surface area contributed by atoms with Gasteiger partial charge < -0.3 is 21.9 Å². The summed E-state index contributed by atoms with van der Waals surface area (Å²) in [5.41, 5.74) is 6.97. The summed E-state index contributed by atoms with van der Waals surface area (Å²) in [7, 11) is 3.46. The van der Waals surface area contributed by atoms with Crippen molar-refractivity contribution in [2.24, 2.45) is 0 Å². The number of nitrogens with zero attached hydrogens (tertiary/aromatic N) is 1. The molecule has 0 bridgehead atoms. The Bertz CT molecular complexity index is 973. The van der Waals surface area contributed by atoms with Gasteiger partial charge in [0.15, 0.2) is 23.8 Å². The van der Waals surface area contributed by atoms with Crippen LogP contribution in [0.3, 0.4) is 0 Å². The van der Waals surface area contributed by atoms with Gasteiger partial charge in [-0.1, -0.05) is 91.2 Å². The number of hydrogen-bond donors (Lipinski definition) is 0. The van der Waals surface area contributed by atoms with E-state index in [1.165, 1.54) is 85.9 Å². The minimum absolute atomic E-state index is 0. The normalized spacial score (nSPS) is 13.3. The average Bonchev–Trinajstić information content (AvgIpc) is 2.86. The highest BCUT2D eigenvalue weighted by Gasteiger charge is 2.29. The predicted molar refractivity (Wildman–Crippen MR) is 149 cm³/mol. The molecule has 0 amide bonds. The van der Waals surface area contributed by atoms with Crippen molar-refractivity contribution in [2.45, 2.75) is 104 Å². The molecule has 1 heterocycles. The minimum Gasteiger partial charge on any atom is -1.00 e. The van der Waals surface area contributed by atoms with Crippen molar-refractivity contribution >= 4 is 11.4 Å². The van der Waals surface area contributed by atoms with Gasteiger partial charge in [-0.3, -0.25) is 0 Å². The maximum atomic E-state index is 5.69. The third-order valence-corrected chi connectivity index (χ3v) is 7.41. The summed E-state index contributed by atoms with van der Waals surface area (Å²) in [6.45, 7) is 10.1. The Morgan fingerprint density at radius 3 is 1.89 bits per heavy atom. The van der Waals surface area contributed by atoms with E-state index in [4.69, 9.17) is 9.47 Å². The molecule has 0 aromatic heterocycles. The molecule has 3 rings (SSSR count). The van der Waals surface area contributed by atoms with Gasteiger partial charge in [0.05, 0.1) is 14.2 Å². The zero-order valence-electron chi connectivity index (χ0n) is 23.6. The van der Waals surface area contributed by atoms with Gasteiger partial charge in [-0.25, -0.2) is 0 Å². The van der Waals surface area contributed by atoms with E-state index in [0.29, 0.717) is 0 Å². The highest BCUT2D eigenvalue weighted by Crippen LogP contribution is 2.35. The summed E-state index contributed by atoms with van der Waals surface area (Å²) in [4.78, 5) is 0. The molecule has 2 aromatic carbocycles. The third kappa shape index (κ3) is 8.00. The van der Waals surface area contributed by atoms with E-state index >= 15 is 0 Å². The molecule has 4 heteroatoms. The van der Waals surface area contributed by atoms with Crippen molar-refractivity contribution in [2.75, 3.05) is 20.8 Å². The van der Waals surface area contributed by atoms with Crippen LogP contribution in [0.1, 0.15) is 109 Å². The Labute approximate surface area is 226 Å². The zero-order chi connectivity index (χ0) is 25.3. The Morgan fingerprint density at radius 1 is 0.778 bits per heavy atom. The fourth-order valence-corrected chi connectivity index (χ4v) is 5.21. The summed E-state index contributed by atoms with van der Waals surface area (Å²) in [6, 6.07) is 13.6. The number of hydrogen-bond acceptors (Lipinski definition) is 2. The lowest BCUT2D eigenvalue weighted by molar-refractivity contribution is -0.442. The minimum atomic E-state index is 0. The van der Waals surface area contributed by atoms with Gasteiger partial charge in [0.1, 0.15) is 0 Å². The standard InChI is InChI=1S/C32H48NO2.ClH/c1-7-8-9-10-11-12-13-14-15-16-29-28-24-31(35-6)30(34-5)23-25(28)21-22-33(29)27-19-17-26(18-20-27)32(2,3)4;/h17-20,23-24H,7-16,21-22H2,1-6H3;1H/q+1;/p-1. The monoisotopic (exact) mass is 513 g/mol. The maximum Gasteiger partial charge on any atom is 0.205 e. The molecule has 36 heavy (non-hydrogen) atoms. The summed E-state index contributed by atoms with van der Waals surface area (Å²) >= 11 is 0. The molecule has 0 fully saturated rings. The molecule has 0 saturated carbocycles. The van der Waals surface area contributed by atoms with Crippen molar-refractivity contribution in [3.63, 3.8) is 0 Å². The van der Waals surface area contributed by atoms with Crippen molar-refractivity contribution in [3.8, 4) is 11.5 Å². The van der Waals surface area contributed by atoms with Crippen LogP contribution < -0.4 is 21.9 Å². The topological polar surface area (TPSA) is 21.5 Å². The fraction of sp³-hybridized carbons (Fsp3) is 0.594. The van der Waals surface area contributed by atoms with Gasteiger partial charge in [0.2, 0.25) is 5.69 Å². The molecule has 2 aromatic rings. The van der Waals surface area contributed by atoms with Crippen LogP contribution in [0.25, 0.3) is 0 Å². The highest BCUT2D eigenvalue weighted by atomic mass is 35.5. The van der Waals surface area contributed by atoms with E-state index in [0.717, 1.165) is 30.9 Å². The lowest BCUT2D eigenvalue weighted by Crippen LogP contribution is -3.00. The second kappa shape index (κ2) is 14.7. The fourth-order valence-electron chi connectivity index (χ4n) is 5.21. The Hall–Kier alpha value is -2.00. The number of methoxy groups -OCH3 is 2. The van der Waals surface area contributed by atoms with Crippen molar-refractivity contribution in [1.82, 2.24) is 0 Å². The van der Waals surface area contributed by atoms with Gasteiger partial charge in [-0.2, -0.15) is 4.58 Å². The Morgan fingerprint density at radius 2 is 1.33 bits per heavy atom. The largest absolute Gasteiger partial charge is 1.00 e. The maximum absolute atomic E-state index is 5.69. The smallest absolute Gasteiger partial charge is 0.205 e. The van der Waals surface area contributed by atoms with Crippen molar-refractivity contribution < 1.29 is 26.5 Å². The highest BCUT2D eigenvalue weighted by molar-refractivity contribution is 6.00. The lowest BCUT2D eigenvalue weighted by Gasteiger charge is -2.22. The molecule has 0 atom stereocenters. The van der Waals surface area contributed by atoms with Gasteiger partial charge in [-0.05, 0) is 35.1 Å². The van der Waals surface area contributed by atoms with E-state index < -0.39 is 0 Å². The Kier molecular flexibility index (Phi) is 12.3. The number of unbranched alkanes of at least 4 members (excludes halogenated alkanes) is 8. The number of fused-ring (bicyclic) bond motifs is 1. The van der Waals surface area contributed by atoms with Crippen LogP contribution in [0.4, 0.5) is 5.69 Å². The number of halogens is 1. The van der Waals surface area contributed by atoms with Crippen molar-refractivity contribution in [3.05, 3.63) is 53.1 Å². The van der Waals surface area contributed by atoms with Gasteiger partial charge in [-0.15, -0.1) is 0 Å². The van der Waals surface area contributed by atoms with E-state index in [-0.39, 0.29) is 17.8 Å². The van der Waals surface area contributed by atoms with Crippen LogP contribution >= 0.6 is 0 Å². The quantitative estimate of drug-likeness (QED) is 0.256. The van der Waals surface area contributed by atoms with E-state index in [9.17, 15) is 0 Å². The molecule has 1 aliphatic rings. The summed E-state index contributed by atoms with van der Waals surface area (Å²) in [5, 5.41) is 0. The molecule has 1 aliphatic heterocycles. The van der Waals surface area contributed by atoms with E-state index in [1.807, 2.05) is 0 Å². The second-order valence-electron chi connectivity index (χ2n) is 11.1. The summed E-state index contributed by atoms with van der Waals surface area (Å²) in [6.07, 6.45) is 14.3. The first-order valence-corrected chi connectivity index (χ1v) is 13.9. The van der Waals surface area contributed by atoms with Crippen LogP contribution in [0, 0.1) is 0 Å². The van der Waals surface area contributed by atoms with Crippen LogP contribution in [-0.2, 0) is 11.8 Å². The number of benzene rings is 2. The first-order chi connectivity index (χ1) is 16.9. The summed E-state index contributed by atoms with van der Waals surface area (Å²) in [5.74, 6) is 1.65. The first-order valence-electron chi connectivity index (χ1n) is 13.9. The van der Waals surface area contributed by atoms with Crippen molar-refractivity contribution in [1.29, 1.82) is 0 Å². The van der Waals surface area contributed by atoms with Gasteiger partial charge in [0, 0.05) is 30.5 Å². The van der Waals surface area contributed by atoms with E-state index in [1.54, 1.807) is 14.2 Å². The molecule has 0 aliphatic carbocycles. The molecule has 200 valence electrons. The molecule has 0 spiro atoms. The first kappa shape index (κ1) is 30.2. The predicted octanol–water partition coefficient (Wildman–Crippen LogP) is 5.62. The average molecular weight is 514 g/mol. The second-order valence-corrected chi connectivity index (χ2v) is 11.1. The van der Waals surface area contributed by atoms with E-state index in [2.05, 4.69) is 68.7 Å². The molecule has 0 radical (unpaired) electrons. The number of ether oxygens (including phenoxy) is 2.